The lowest BCUT2D eigenvalue weighted by molar-refractivity contribution is -0.143. The third-order valence-corrected chi connectivity index (χ3v) is 1.80. The predicted molar refractivity (Wildman–Crippen MR) is 52.0 cm³/mol. The van der Waals surface area contributed by atoms with Gasteiger partial charge in [-0.3, -0.25) is 4.79 Å². The fraction of sp³-hybridized carbons (Fsp3) is 0.333. The van der Waals surface area contributed by atoms with Crippen molar-refractivity contribution in [1.82, 2.24) is 10.2 Å². The Kier molecular flexibility index (Phi) is 4.01. The number of nitrogens with zero attached hydrogens (tertiary/aromatic N) is 3. The van der Waals surface area contributed by atoms with Gasteiger partial charge in [-0.15, -0.1) is 5.10 Å². The second-order valence-electron chi connectivity index (χ2n) is 2.60. The molecule has 0 aliphatic heterocycles. The van der Waals surface area contributed by atoms with E-state index in [1.807, 2.05) is 0 Å². The molecule has 0 aliphatic rings. The molecule has 1 heterocycles. The molecule has 0 unspecified atom stereocenters. The summed E-state index contributed by atoms with van der Waals surface area (Å²) < 4.78 is 4.72. The Hall–Kier alpha value is -1.67. The second-order valence-corrected chi connectivity index (χ2v) is 2.98. The molecular formula is C9H8ClN3O2. The molecule has 0 fully saturated rings. The summed E-state index contributed by atoms with van der Waals surface area (Å²) in [6.45, 7) is 1.89. The average molecular weight is 226 g/mol. The number of hydrogen-bond acceptors (Lipinski definition) is 5. The van der Waals surface area contributed by atoms with E-state index < -0.39 is 11.9 Å². The van der Waals surface area contributed by atoms with Gasteiger partial charge >= 0.3 is 5.97 Å². The van der Waals surface area contributed by atoms with Crippen LogP contribution in [-0.4, -0.2) is 22.8 Å². The first-order valence-corrected chi connectivity index (χ1v) is 4.62. The van der Waals surface area contributed by atoms with Crippen LogP contribution >= 0.6 is 11.6 Å². The Morgan fingerprint density at radius 1 is 1.67 bits per heavy atom. The van der Waals surface area contributed by atoms with E-state index in [9.17, 15) is 4.79 Å². The van der Waals surface area contributed by atoms with E-state index >= 15 is 0 Å². The molecule has 0 saturated carbocycles. The summed E-state index contributed by atoms with van der Waals surface area (Å²) in [7, 11) is 0. The molecule has 1 aromatic rings. The fourth-order valence-electron chi connectivity index (χ4n) is 0.945. The minimum Gasteiger partial charge on any atom is -0.465 e. The van der Waals surface area contributed by atoms with E-state index in [4.69, 9.17) is 21.6 Å². The molecule has 5 nitrogen and oxygen atoms in total. The highest BCUT2D eigenvalue weighted by Gasteiger charge is 2.23. The molecule has 0 bridgehead atoms. The third kappa shape index (κ3) is 2.89. The van der Waals surface area contributed by atoms with E-state index in [0.29, 0.717) is 0 Å². The maximum absolute atomic E-state index is 11.3. The molecule has 78 valence electrons. The van der Waals surface area contributed by atoms with Gasteiger partial charge in [-0.1, -0.05) is 11.6 Å². The van der Waals surface area contributed by atoms with Gasteiger partial charge in [0.25, 0.3) is 0 Å². The molecule has 0 amide bonds. The predicted octanol–water partition coefficient (Wildman–Crippen LogP) is 1.30. The molecule has 1 aromatic heterocycles. The lowest BCUT2D eigenvalue weighted by Crippen LogP contribution is -2.15. The first kappa shape index (κ1) is 11.4. The number of rotatable bonds is 3. The Balaban J connectivity index is 2.89. The number of esters is 1. The van der Waals surface area contributed by atoms with Crippen LogP contribution in [0.2, 0.25) is 5.15 Å². The number of halogens is 1. The minimum atomic E-state index is -1.05. The lowest BCUT2D eigenvalue weighted by Gasteiger charge is -2.06. The number of ether oxygens (including phenoxy) is 1. The minimum absolute atomic E-state index is 0.208. The molecule has 0 spiro atoms. The van der Waals surface area contributed by atoms with Crippen LogP contribution in [-0.2, 0) is 9.53 Å². The first-order chi connectivity index (χ1) is 7.19. The molecule has 0 saturated heterocycles. The molecule has 0 radical (unpaired) electrons. The summed E-state index contributed by atoms with van der Waals surface area (Å²) >= 11 is 5.53. The highest BCUT2D eigenvalue weighted by Crippen LogP contribution is 2.14. The van der Waals surface area contributed by atoms with Crippen LogP contribution in [0.25, 0.3) is 0 Å². The van der Waals surface area contributed by atoms with Crippen molar-refractivity contribution in [2.75, 3.05) is 6.61 Å². The number of nitriles is 1. The maximum Gasteiger partial charge on any atom is 0.329 e. The monoisotopic (exact) mass is 225 g/mol. The van der Waals surface area contributed by atoms with Gasteiger partial charge in [0.1, 0.15) is 0 Å². The van der Waals surface area contributed by atoms with Crippen molar-refractivity contribution < 1.29 is 9.53 Å². The Labute approximate surface area is 91.6 Å². The summed E-state index contributed by atoms with van der Waals surface area (Å²) in [4.78, 5) is 11.3. The van der Waals surface area contributed by atoms with Gasteiger partial charge in [0.2, 0.25) is 0 Å². The quantitative estimate of drug-likeness (QED) is 0.725. The first-order valence-electron chi connectivity index (χ1n) is 4.24. The van der Waals surface area contributed by atoms with E-state index in [-0.39, 0.29) is 17.5 Å². The number of carbonyl (C=O) groups excluding carboxylic acids is 1. The molecule has 0 N–H and O–H groups in total. The normalized spacial score (nSPS) is 11.5. The molecule has 0 aromatic carbocycles. The van der Waals surface area contributed by atoms with E-state index in [2.05, 4.69) is 10.2 Å². The van der Waals surface area contributed by atoms with Crippen LogP contribution in [0.3, 0.4) is 0 Å². The highest BCUT2D eigenvalue weighted by molar-refractivity contribution is 6.29. The Morgan fingerprint density at radius 2 is 2.40 bits per heavy atom. The van der Waals surface area contributed by atoms with Gasteiger partial charge in [-0.2, -0.15) is 10.4 Å². The van der Waals surface area contributed by atoms with E-state index in [0.717, 1.165) is 0 Å². The number of hydrogen-bond donors (Lipinski definition) is 0. The summed E-state index contributed by atoms with van der Waals surface area (Å²) in [5.74, 6) is -1.67. The van der Waals surface area contributed by atoms with Crippen LogP contribution in [0.1, 0.15) is 18.5 Å². The van der Waals surface area contributed by atoms with Crippen LogP contribution in [0.15, 0.2) is 12.1 Å². The molecule has 0 aliphatic carbocycles. The van der Waals surface area contributed by atoms with Gasteiger partial charge in [0, 0.05) is 0 Å². The van der Waals surface area contributed by atoms with E-state index in [1.54, 1.807) is 13.0 Å². The average Bonchev–Trinajstić information content (AvgIpc) is 2.22. The van der Waals surface area contributed by atoms with Gasteiger partial charge in [0.15, 0.2) is 11.1 Å². The highest BCUT2D eigenvalue weighted by atomic mass is 35.5. The van der Waals surface area contributed by atoms with Crippen molar-refractivity contribution in [2.24, 2.45) is 0 Å². The third-order valence-electron chi connectivity index (χ3n) is 1.60. The van der Waals surface area contributed by atoms with Crippen LogP contribution in [0.5, 0.6) is 0 Å². The van der Waals surface area contributed by atoms with Crippen molar-refractivity contribution >= 4 is 17.6 Å². The summed E-state index contributed by atoms with van der Waals surface area (Å²) in [6.07, 6.45) is 0. The van der Waals surface area contributed by atoms with Gasteiger partial charge in [-0.05, 0) is 19.1 Å². The van der Waals surface area contributed by atoms with Crippen molar-refractivity contribution in [3.05, 3.63) is 23.0 Å². The molecule has 15 heavy (non-hydrogen) atoms. The second kappa shape index (κ2) is 5.27. The Bertz CT molecular complexity index is 385. The van der Waals surface area contributed by atoms with E-state index in [1.165, 1.54) is 12.1 Å². The number of carbonyl (C=O) groups is 1. The van der Waals surface area contributed by atoms with Gasteiger partial charge in [-0.25, -0.2) is 0 Å². The van der Waals surface area contributed by atoms with Crippen LogP contribution in [0.4, 0.5) is 0 Å². The van der Waals surface area contributed by atoms with Gasteiger partial charge < -0.3 is 4.74 Å². The van der Waals surface area contributed by atoms with Crippen molar-refractivity contribution in [1.29, 1.82) is 5.26 Å². The number of aromatic nitrogens is 2. The standard InChI is InChI=1S/C9H8ClN3O2/c1-2-15-9(14)6(5-11)7-3-4-8(10)13-12-7/h3-4,6H,2H2,1H3/t6-/m1/s1. The molecular weight excluding hydrogens is 218 g/mol. The zero-order valence-electron chi connectivity index (χ0n) is 7.98. The SMILES string of the molecule is CCOC(=O)[C@H](C#N)c1ccc(Cl)nn1. The van der Waals surface area contributed by atoms with Crippen molar-refractivity contribution in [3.63, 3.8) is 0 Å². The zero-order valence-corrected chi connectivity index (χ0v) is 8.73. The summed E-state index contributed by atoms with van der Waals surface area (Å²) in [5, 5.41) is 16.2. The van der Waals surface area contributed by atoms with Crippen molar-refractivity contribution in [3.8, 4) is 6.07 Å². The fourth-order valence-corrected chi connectivity index (χ4v) is 1.05. The Morgan fingerprint density at radius 3 is 2.87 bits per heavy atom. The zero-order chi connectivity index (χ0) is 11.3. The molecule has 1 rings (SSSR count). The summed E-state index contributed by atoms with van der Waals surface area (Å²) in [5.41, 5.74) is 0.236. The smallest absolute Gasteiger partial charge is 0.329 e. The van der Waals surface area contributed by atoms with Crippen LogP contribution in [0, 0.1) is 11.3 Å². The van der Waals surface area contributed by atoms with Crippen LogP contribution < -0.4 is 0 Å². The van der Waals surface area contributed by atoms with Crippen molar-refractivity contribution in [2.45, 2.75) is 12.8 Å². The molecule has 6 heteroatoms. The molecule has 1 atom stereocenters. The lowest BCUT2D eigenvalue weighted by atomic mass is 10.1. The maximum atomic E-state index is 11.3. The largest absolute Gasteiger partial charge is 0.465 e. The van der Waals surface area contributed by atoms with Gasteiger partial charge in [0.05, 0.1) is 18.4 Å². The summed E-state index contributed by atoms with van der Waals surface area (Å²) in [6, 6.07) is 4.74. The topological polar surface area (TPSA) is 75.9 Å².